The first-order valence-corrected chi connectivity index (χ1v) is 7.14. The highest BCUT2D eigenvalue weighted by atomic mass is 16.5. The van der Waals surface area contributed by atoms with E-state index >= 15 is 0 Å². The van der Waals surface area contributed by atoms with Crippen molar-refractivity contribution >= 4 is 16.6 Å². The number of anilines is 1. The molecule has 0 aliphatic rings. The second-order valence-electron chi connectivity index (χ2n) is 5.15. The largest absolute Gasteiger partial charge is 0.379 e. The molecular weight excluding hydrogens is 252 g/mol. The molecule has 0 aliphatic heterocycles. The molecule has 0 saturated heterocycles. The smallest absolute Gasteiger partial charge is 0.257 e. The molecule has 0 unspecified atom stereocenters. The summed E-state index contributed by atoms with van der Waals surface area (Å²) in [7, 11) is 0. The number of rotatable bonds is 7. The van der Waals surface area contributed by atoms with Gasteiger partial charge in [0.25, 0.3) is 5.56 Å². The van der Waals surface area contributed by atoms with Gasteiger partial charge >= 0.3 is 0 Å². The number of ether oxygens (including phenoxy) is 1. The Morgan fingerprint density at radius 3 is 2.85 bits per heavy atom. The van der Waals surface area contributed by atoms with Crippen LogP contribution >= 0.6 is 0 Å². The van der Waals surface area contributed by atoms with Crippen molar-refractivity contribution < 1.29 is 4.74 Å². The molecule has 0 saturated carbocycles. The Bertz CT molecular complexity index is 605. The predicted octanol–water partition coefficient (Wildman–Crippen LogP) is 3.15. The molecular formula is C16H22N2O2. The van der Waals surface area contributed by atoms with Crippen molar-refractivity contribution in [3.8, 4) is 0 Å². The number of fused-ring (bicyclic) bond motifs is 1. The first-order valence-electron chi connectivity index (χ1n) is 7.14. The summed E-state index contributed by atoms with van der Waals surface area (Å²) in [6.45, 7) is 5.69. The van der Waals surface area contributed by atoms with Crippen molar-refractivity contribution in [3.63, 3.8) is 0 Å². The number of aromatic amines is 1. The average molecular weight is 274 g/mol. The quantitative estimate of drug-likeness (QED) is 0.763. The molecule has 2 aromatic rings. The van der Waals surface area contributed by atoms with Crippen molar-refractivity contribution in [1.29, 1.82) is 0 Å². The lowest BCUT2D eigenvalue weighted by molar-refractivity contribution is 0.0765. The Morgan fingerprint density at radius 2 is 2.05 bits per heavy atom. The molecule has 1 aromatic heterocycles. The minimum absolute atomic E-state index is 0.0475. The molecule has 2 N–H and O–H groups in total. The Morgan fingerprint density at radius 1 is 1.25 bits per heavy atom. The molecule has 0 atom stereocenters. The molecule has 4 nitrogen and oxygen atoms in total. The van der Waals surface area contributed by atoms with Gasteiger partial charge in [0.05, 0.1) is 6.10 Å². The minimum Gasteiger partial charge on any atom is -0.379 e. The van der Waals surface area contributed by atoms with Crippen LogP contribution in [0, 0.1) is 0 Å². The van der Waals surface area contributed by atoms with Gasteiger partial charge < -0.3 is 15.0 Å². The third-order valence-corrected chi connectivity index (χ3v) is 3.09. The Balaban J connectivity index is 1.86. The number of H-pyrrole nitrogens is 1. The summed E-state index contributed by atoms with van der Waals surface area (Å²) in [6.07, 6.45) is 2.32. The molecule has 4 heteroatoms. The molecule has 1 heterocycles. The normalized spacial score (nSPS) is 11.2. The minimum atomic E-state index is -0.0475. The van der Waals surface area contributed by atoms with Gasteiger partial charge in [0.2, 0.25) is 0 Å². The van der Waals surface area contributed by atoms with E-state index in [0.29, 0.717) is 6.10 Å². The lowest BCUT2D eigenvalue weighted by Gasteiger charge is -2.09. The maximum absolute atomic E-state index is 11.9. The van der Waals surface area contributed by atoms with E-state index in [2.05, 4.69) is 10.3 Å². The fourth-order valence-electron chi connectivity index (χ4n) is 2.08. The van der Waals surface area contributed by atoms with E-state index in [4.69, 9.17) is 4.74 Å². The van der Waals surface area contributed by atoms with E-state index < -0.39 is 0 Å². The van der Waals surface area contributed by atoms with Gasteiger partial charge in [-0.1, -0.05) is 18.2 Å². The summed E-state index contributed by atoms with van der Waals surface area (Å²) >= 11 is 0. The lowest BCUT2D eigenvalue weighted by Crippen LogP contribution is -2.12. The average Bonchev–Trinajstić information content (AvgIpc) is 2.42. The third kappa shape index (κ3) is 4.10. The van der Waals surface area contributed by atoms with Crippen LogP contribution in [-0.2, 0) is 4.74 Å². The Kier molecular flexibility index (Phi) is 5.18. The van der Waals surface area contributed by atoms with Crippen molar-refractivity contribution in [2.45, 2.75) is 32.8 Å². The summed E-state index contributed by atoms with van der Waals surface area (Å²) < 4.78 is 5.49. The molecule has 0 aliphatic carbocycles. The maximum atomic E-state index is 11.9. The fourth-order valence-corrected chi connectivity index (χ4v) is 2.08. The summed E-state index contributed by atoms with van der Waals surface area (Å²) in [6, 6.07) is 9.57. The Labute approximate surface area is 119 Å². The van der Waals surface area contributed by atoms with Gasteiger partial charge in [0.1, 0.15) is 5.82 Å². The van der Waals surface area contributed by atoms with Crippen LogP contribution in [0.4, 0.5) is 5.82 Å². The molecule has 0 bridgehead atoms. The van der Waals surface area contributed by atoms with Crippen LogP contribution < -0.4 is 10.9 Å². The standard InChI is InChI=1S/C16H22N2O2/c1-12(2)20-10-6-5-9-17-15-11-13-7-3-4-8-14(13)16(19)18-15/h3-4,7-8,11-12H,5-6,9-10H2,1-2H3,(H2,17,18,19). The van der Waals surface area contributed by atoms with Gasteiger partial charge in [-0.05, 0) is 44.2 Å². The second-order valence-corrected chi connectivity index (χ2v) is 5.15. The number of aromatic nitrogens is 1. The molecule has 1 aromatic carbocycles. The van der Waals surface area contributed by atoms with Crippen molar-refractivity contribution in [3.05, 3.63) is 40.7 Å². The van der Waals surface area contributed by atoms with E-state index in [1.807, 2.05) is 44.2 Å². The van der Waals surface area contributed by atoms with Crippen LogP contribution in [0.3, 0.4) is 0 Å². The zero-order valence-corrected chi connectivity index (χ0v) is 12.1. The molecule has 20 heavy (non-hydrogen) atoms. The molecule has 0 amide bonds. The molecule has 2 rings (SSSR count). The van der Waals surface area contributed by atoms with Gasteiger partial charge in [-0.2, -0.15) is 0 Å². The second kappa shape index (κ2) is 7.10. The summed E-state index contributed by atoms with van der Waals surface area (Å²) in [4.78, 5) is 14.8. The van der Waals surface area contributed by atoms with Crippen LogP contribution in [0.15, 0.2) is 35.1 Å². The summed E-state index contributed by atoms with van der Waals surface area (Å²) in [5.41, 5.74) is -0.0475. The SMILES string of the molecule is CC(C)OCCCCNc1cc2ccccc2c(=O)[nH]1. The van der Waals surface area contributed by atoms with Gasteiger partial charge in [0, 0.05) is 18.5 Å². The highest BCUT2D eigenvalue weighted by Crippen LogP contribution is 2.12. The first-order chi connectivity index (χ1) is 9.66. The van der Waals surface area contributed by atoms with E-state index in [-0.39, 0.29) is 5.56 Å². The molecule has 108 valence electrons. The highest BCUT2D eigenvalue weighted by Gasteiger charge is 2.00. The number of pyridine rings is 1. The van der Waals surface area contributed by atoms with Crippen LogP contribution in [0.25, 0.3) is 10.8 Å². The van der Waals surface area contributed by atoms with Crippen molar-refractivity contribution in [2.24, 2.45) is 0 Å². The van der Waals surface area contributed by atoms with E-state index in [9.17, 15) is 4.79 Å². The van der Waals surface area contributed by atoms with Crippen LogP contribution in [0.5, 0.6) is 0 Å². The highest BCUT2D eigenvalue weighted by molar-refractivity contribution is 5.83. The van der Waals surface area contributed by atoms with Gasteiger partial charge in [-0.15, -0.1) is 0 Å². The monoisotopic (exact) mass is 274 g/mol. The molecule has 0 spiro atoms. The predicted molar refractivity (Wildman–Crippen MR) is 83.4 cm³/mol. The number of hydrogen-bond donors (Lipinski definition) is 2. The molecule has 0 fully saturated rings. The number of hydrogen-bond acceptors (Lipinski definition) is 3. The summed E-state index contributed by atoms with van der Waals surface area (Å²) in [5, 5.41) is 4.94. The number of unbranched alkanes of at least 4 members (excludes halogenated alkanes) is 1. The van der Waals surface area contributed by atoms with Gasteiger partial charge in [0.15, 0.2) is 0 Å². The number of benzene rings is 1. The van der Waals surface area contributed by atoms with E-state index in [0.717, 1.165) is 42.6 Å². The van der Waals surface area contributed by atoms with Crippen molar-refractivity contribution in [1.82, 2.24) is 4.98 Å². The zero-order chi connectivity index (χ0) is 14.4. The van der Waals surface area contributed by atoms with Crippen LogP contribution in [0.2, 0.25) is 0 Å². The maximum Gasteiger partial charge on any atom is 0.257 e. The van der Waals surface area contributed by atoms with Crippen LogP contribution in [-0.4, -0.2) is 24.2 Å². The zero-order valence-electron chi connectivity index (χ0n) is 12.1. The third-order valence-electron chi connectivity index (χ3n) is 3.09. The van der Waals surface area contributed by atoms with Crippen LogP contribution in [0.1, 0.15) is 26.7 Å². The van der Waals surface area contributed by atoms with Crippen molar-refractivity contribution in [2.75, 3.05) is 18.5 Å². The number of nitrogens with one attached hydrogen (secondary N) is 2. The molecule has 0 radical (unpaired) electrons. The van der Waals surface area contributed by atoms with E-state index in [1.54, 1.807) is 0 Å². The summed E-state index contributed by atoms with van der Waals surface area (Å²) in [5.74, 6) is 0.776. The first kappa shape index (κ1) is 14.6. The topological polar surface area (TPSA) is 54.1 Å². The van der Waals surface area contributed by atoms with Gasteiger partial charge in [-0.3, -0.25) is 4.79 Å². The Hall–Kier alpha value is -1.81. The van der Waals surface area contributed by atoms with E-state index in [1.165, 1.54) is 0 Å². The lowest BCUT2D eigenvalue weighted by atomic mass is 10.2. The fraction of sp³-hybridized carbons (Fsp3) is 0.438. The van der Waals surface area contributed by atoms with Gasteiger partial charge in [-0.25, -0.2) is 0 Å².